The summed E-state index contributed by atoms with van der Waals surface area (Å²) in [6, 6.07) is 11.0. The number of anilines is 2. The number of nitrogens with zero attached hydrogens (tertiary/aromatic N) is 2. The van der Waals surface area contributed by atoms with Crippen LogP contribution in [0.4, 0.5) is 11.4 Å². The quantitative estimate of drug-likeness (QED) is 0.514. The van der Waals surface area contributed by atoms with Crippen molar-refractivity contribution in [3.05, 3.63) is 47.5 Å². The van der Waals surface area contributed by atoms with Crippen LogP contribution in [0.2, 0.25) is 0 Å². The molecule has 156 valence electrons. The number of carbonyl (C=O) groups excluding carboxylic acids is 3. The molecule has 2 amide bonds. The largest absolute Gasteiger partial charge is 0.455 e. The SMILES string of the molecule is Cc1ccc(NC(=O)CSCC(=O)OCC(=O)Nc2cccc3nsnc23)c(C)c1. The maximum absolute atomic E-state index is 12.0. The molecule has 3 aromatic rings. The van der Waals surface area contributed by atoms with E-state index in [9.17, 15) is 14.4 Å². The predicted octanol–water partition coefficient (Wildman–Crippen LogP) is 3.16. The molecule has 3 rings (SSSR count). The molecule has 2 N–H and O–H groups in total. The second-order valence-corrected chi connectivity index (χ2v) is 8.02. The van der Waals surface area contributed by atoms with Gasteiger partial charge in [0.05, 0.1) is 28.9 Å². The molecule has 1 heterocycles. The molecule has 0 saturated carbocycles. The van der Waals surface area contributed by atoms with Gasteiger partial charge in [-0.3, -0.25) is 14.4 Å². The van der Waals surface area contributed by atoms with E-state index in [0.717, 1.165) is 40.3 Å². The average Bonchev–Trinajstić information content (AvgIpc) is 3.18. The number of benzene rings is 2. The van der Waals surface area contributed by atoms with Crippen LogP contribution in [0.15, 0.2) is 36.4 Å². The highest BCUT2D eigenvalue weighted by molar-refractivity contribution is 8.00. The highest BCUT2D eigenvalue weighted by Crippen LogP contribution is 2.21. The van der Waals surface area contributed by atoms with E-state index in [1.165, 1.54) is 0 Å². The molecule has 8 nitrogen and oxygen atoms in total. The van der Waals surface area contributed by atoms with E-state index in [2.05, 4.69) is 19.4 Å². The van der Waals surface area contributed by atoms with E-state index in [1.54, 1.807) is 18.2 Å². The molecule has 0 aliphatic carbocycles. The van der Waals surface area contributed by atoms with E-state index in [1.807, 2.05) is 32.0 Å². The molecule has 0 saturated heterocycles. The van der Waals surface area contributed by atoms with Gasteiger partial charge in [-0.05, 0) is 37.6 Å². The van der Waals surface area contributed by atoms with E-state index in [-0.39, 0.29) is 17.4 Å². The highest BCUT2D eigenvalue weighted by atomic mass is 32.2. The molecule has 0 radical (unpaired) electrons. The van der Waals surface area contributed by atoms with Gasteiger partial charge in [-0.15, -0.1) is 11.8 Å². The number of ether oxygens (including phenoxy) is 1. The Bertz CT molecular complexity index is 1080. The van der Waals surface area contributed by atoms with Crippen molar-refractivity contribution in [1.82, 2.24) is 8.75 Å². The number of fused-ring (bicyclic) bond motifs is 1. The van der Waals surface area contributed by atoms with Crippen LogP contribution in [-0.4, -0.2) is 44.6 Å². The number of carbonyl (C=O) groups is 3. The van der Waals surface area contributed by atoms with E-state index >= 15 is 0 Å². The summed E-state index contributed by atoms with van der Waals surface area (Å²) < 4.78 is 13.2. The number of thioether (sulfide) groups is 1. The standard InChI is InChI=1S/C20H20N4O4S2/c1-12-6-7-14(13(2)8-12)21-18(26)10-29-11-19(27)28-9-17(25)22-15-4-3-5-16-20(15)24-30-23-16/h3-8H,9-11H2,1-2H3,(H,21,26)(H,22,25). The lowest BCUT2D eigenvalue weighted by Gasteiger charge is -2.09. The summed E-state index contributed by atoms with van der Waals surface area (Å²) >= 11 is 2.17. The molecular weight excluding hydrogens is 424 g/mol. The Kier molecular flexibility index (Phi) is 7.36. The van der Waals surface area contributed by atoms with E-state index in [0.29, 0.717) is 16.7 Å². The molecule has 0 aliphatic rings. The molecule has 1 aromatic heterocycles. The van der Waals surface area contributed by atoms with Crippen molar-refractivity contribution >= 4 is 63.7 Å². The molecule has 0 unspecified atom stereocenters. The minimum Gasteiger partial charge on any atom is -0.455 e. The molecule has 2 aromatic carbocycles. The van der Waals surface area contributed by atoms with Crippen LogP contribution in [0.1, 0.15) is 11.1 Å². The van der Waals surface area contributed by atoms with Gasteiger partial charge >= 0.3 is 5.97 Å². The van der Waals surface area contributed by atoms with Crippen LogP contribution < -0.4 is 10.6 Å². The van der Waals surface area contributed by atoms with Gasteiger partial charge in [0.25, 0.3) is 5.91 Å². The van der Waals surface area contributed by atoms with Crippen LogP contribution in [0.3, 0.4) is 0 Å². The van der Waals surface area contributed by atoms with Crippen molar-refractivity contribution in [3.63, 3.8) is 0 Å². The molecule has 10 heteroatoms. The topological polar surface area (TPSA) is 110 Å². The zero-order valence-electron chi connectivity index (χ0n) is 16.4. The fraction of sp³-hybridized carbons (Fsp3) is 0.250. The van der Waals surface area contributed by atoms with Crippen molar-refractivity contribution < 1.29 is 19.1 Å². The summed E-state index contributed by atoms with van der Waals surface area (Å²) in [6.45, 7) is 3.49. The van der Waals surface area contributed by atoms with E-state index in [4.69, 9.17) is 4.74 Å². The van der Waals surface area contributed by atoms with Gasteiger partial charge in [0.15, 0.2) is 6.61 Å². The molecular formula is C20H20N4O4S2. The number of rotatable bonds is 8. The number of aromatic nitrogens is 2. The third kappa shape index (κ3) is 6.01. The first-order valence-corrected chi connectivity index (χ1v) is 10.9. The monoisotopic (exact) mass is 444 g/mol. The Morgan fingerprint density at radius 1 is 1.00 bits per heavy atom. The number of aryl methyl sites for hydroxylation is 2. The number of esters is 1. The lowest BCUT2D eigenvalue weighted by molar-refractivity contribution is -0.144. The molecule has 0 atom stereocenters. The first-order chi connectivity index (χ1) is 14.4. The minimum absolute atomic E-state index is 0.0286. The van der Waals surface area contributed by atoms with Crippen molar-refractivity contribution in [2.75, 3.05) is 28.7 Å². The summed E-state index contributed by atoms with van der Waals surface area (Å²) in [6.07, 6.45) is 0. The Morgan fingerprint density at radius 2 is 1.80 bits per heavy atom. The van der Waals surface area contributed by atoms with Crippen LogP contribution >= 0.6 is 23.5 Å². The molecule has 0 fully saturated rings. The number of hydrogen-bond acceptors (Lipinski definition) is 8. The van der Waals surface area contributed by atoms with Crippen molar-refractivity contribution in [2.45, 2.75) is 13.8 Å². The Hall–Kier alpha value is -2.98. The summed E-state index contributed by atoms with van der Waals surface area (Å²) in [5, 5.41) is 5.47. The summed E-state index contributed by atoms with van der Waals surface area (Å²) in [4.78, 5) is 35.9. The summed E-state index contributed by atoms with van der Waals surface area (Å²) in [7, 11) is 0. The smallest absolute Gasteiger partial charge is 0.316 e. The van der Waals surface area contributed by atoms with Gasteiger partial charge in [-0.1, -0.05) is 23.8 Å². The van der Waals surface area contributed by atoms with Crippen LogP contribution in [0, 0.1) is 13.8 Å². The highest BCUT2D eigenvalue weighted by Gasteiger charge is 2.12. The van der Waals surface area contributed by atoms with Crippen LogP contribution in [-0.2, 0) is 19.1 Å². The fourth-order valence-corrected chi connectivity index (χ4v) is 3.81. The number of amides is 2. The Morgan fingerprint density at radius 3 is 2.60 bits per heavy atom. The predicted molar refractivity (Wildman–Crippen MR) is 119 cm³/mol. The zero-order valence-corrected chi connectivity index (χ0v) is 18.1. The first kappa shape index (κ1) is 21.7. The third-order valence-corrected chi connectivity index (χ3v) is 5.48. The van der Waals surface area contributed by atoms with Gasteiger partial charge in [0.2, 0.25) is 5.91 Å². The third-order valence-electron chi connectivity index (χ3n) is 4.03. The van der Waals surface area contributed by atoms with Gasteiger partial charge in [0, 0.05) is 5.69 Å². The molecule has 30 heavy (non-hydrogen) atoms. The van der Waals surface area contributed by atoms with Gasteiger partial charge in [-0.25, -0.2) is 0 Å². The molecule has 0 bridgehead atoms. The second-order valence-electron chi connectivity index (χ2n) is 6.51. The Labute approximate surface area is 181 Å². The van der Waals surface area contributed by atoms with Gasteiger partial charge < -0.3 is 15.4 Å². The second kappa shape index (κ2) is 10.2. The maximum Gasteiger partial charge on any atom is 0.316 e. The summed E-state index contributed by atoms with van der Waals surface area (Å²) in [5.41, 5.74) is 4.63. The minimum atomic E-state index is -0.567. The van der Waals surface area contributed by atoms with Gasteiger partial charge in [-0.2, -0.15) is 8.75 Å². The van der Waals surface area contributed by atoms with Gasteiger partial charge in [0.1, 0.15) is 11.0 Å². The van der Waals surface area contributed by atoms with Crippen molar-refractivity contribution in [3.8, 4) is 0 Å². The fourth-order valence-electron chi connectivity index (χ4n) is 2.65. The number of nitrogens with one attached hydrogen (secondary N) is 2. The van der Waals surface area contributed by atoms with Crippen LogP contribution in [0.5, 0.6) is 0 Å². The summed E-state index contributed by atoms with van der Waals surface area (Å²) in [5.74, 6) is -1.17. The van der Waals surface area contributed by atoms with Crippen molar-refractivity contribution in [2.24, 2.45) is 0 Å². The van der Waals surface area contributed by atoms with Crippen LogP contribution in [0.25, 0.3) is 11.0 Å². The zero-order chi connectivity index (χ0) is 21.5. The first-order valence-electron chi connectivity index (χ1n) is 9.04. The lowest BCUT2D eigenvalue weighted by atomic mass is 10.1. The number of hydrogen-bond donors (Lipinski definition) is 2. The average molecular weight is 445 g/mol. The maximum atomic E-state index is 12.0. The Balaban J connectivity index is 1.37. The molecule has 0 aliphatic heterocycles. The van der Waals surface area contributed by atoms with Crippen molar-refractivity contribution in [1.29, 1.82) is 0 Å². The normalized spacial score (nSPS) is 10.6. The molecule has 0 spiro atoms. The van der Waals surface area contributed by atoms with E-state index < -0.39 is 18.5 Å². The lowest BCUT2D eigenvalue weighted by Crippen LogP contribution is -2.22.